The summed E-state index contributed by atoms with van der Waals surface area (Å²) in [6, 6.07) is 17.3. The molecule has 0 aliphatic carbocycles. The predicted molar refractivity (Wildman–Crippen MR) is 119 cm³/mol. The fourth-order valence-corrected chi connectivity index (χ4v) is 4.41. The largest absolute Gasteiger partial charge is 0.503 e. The Balaban J connectivity index is 1.56. The summed E-state index contributed by atoms with van der Waals surface area (Å²) in [5.74, 6) is 0.412. The molecule has 1 aliphatic heterocycles. The van der Waals surface area contributed by atoms with Gasteiger partial charge in [0.1, 0.15) is 10.6 Å². The van der Waals surface area contributed by atoms with E-state index in [0.717, 1.165) is 44.1 Å². The van der Waals surface area contributed by atoms with Crippen LogP contribution in [0.3, 0.4) is 0 Å². The van der Waals surface area contributed by atoms with Gasteiger partial charge in [-0.2, -0.15) is 0 Å². The summed E-state index contributed by atoms with van der Waals surface area (Å²) in [5, 5.41) is 14.2. The van der Waals surface area contributed by atoms with Gasteiger partial charge in [-0.3, -0.25) is 0 Å². The summed E-state index contributed by atoms with van der Waals surface area (Å²) in [7, 11) is 1.44. The molecule has 0 amide bonds. The summed E-state index contributed by atoms with van der Waals surface area (Å²) in [6.45, 7) is 0.233. The number of methoxy groups -OCH3 is 1. The van der Waals surface area contributed by atoms with Gasteiger partial charge < -0.3 is 19.3 Å². The van der Waals surface area contributed by atoms with E-state index < -0.39 is 5.97 Å². The summed E-state index contributed by atoms with van der Waals surface area (Å²) < 4.78 is 15.8. The van der Waals surface area contributed by atoms with E-state index in [9.17, 15) is 9.90 Å². The van der Waals surface area contributed by atoms with Crippen molar-refractivity contribution in [2.24, 2.45) is 0 Å². The van der Waals surface area contributed by atoms with E-state index in [1.54, 1.807) is 6.07 Å². The van der Waals surface area contributed by atoms with Crippen LogP contribution in [0.4, 0.5) is 0 Å². The lowest BCUT2D eigenvalue weighted by atomic mass is 9.96. The van der Waals surface area contributed by atoms with Gasteiger partial charge in [-0.05, 0) is 40.6 Å². The quantitative estimate of drug-likeness (QED) is 0.335. The Kier molecular flexibility index (Phi) is 4.80. The maximum absolute atomic E-state index is 11.8. The molecule has 0 radical (unpaired) electrons. The zero-order chi connectivity index (χ0) is 21.4. The highest BCUT2D eigenvalue weighted by Crippen LogP contribution is 2.38. The average Bonchev–Trinajstić information content (AvgIpc) is 3.46. The molecule has 1 aromatic heterocycles. The topological polar surface area (TPSA) is 77.9 Å². The minimum absolute atomic E-state index is 0.101. The van der Waals surface area contributed by atoms with E-state index in [2.05, 4.69) is 0 Å². The highest BCUT2D eigenvalue weighted by Gasteiger charge is 2.17. The number of hydrogen-bond donors (Lipinski definition) is 1. The van der Waals surface area contributed by atoms with Gasteiger partial charge in [0.25, 0.3) is 0 Å². The first-order chi connectivity index (χ1) is 15.1. The number of carboxylic acid groups (broad SMARTS) is 1. The molecular formula is C24H17NO5S. The number of hydrogen-bond acceptors (Lipinski definition) is 6. The van der Waals surface area contributed by atoms with E-state index in [1.807, 2.05) is 53.9 Å². The monoisotopic (exact) mass is 431 g/mol. The second kappa shape index (κ2) is 7.77. The van der Waals surface area contributed by atoms with Gasteiger partial charge >= 0.3 is 5.97 Å². The summed E-state index contributed by atoms with van der Waals surface area (Å²) in [6.07, 6.45) is 1.25. The number of ether oxygens (including phenoxy) is 3. The van der Waals surface area contributed by atoms with E-state index in [0.29, 0.717) is 5.56 Å². The smallest absolute Gasteiger partial charge is 0.339 e. The van der Waals surface area contributed by atoms with Crippen LogP contribution in [0.2, 0.25) is 0 Å². The zero-order valence-corrected chi connectivity index (χ0v) is 17.3. The van der Waals surface area contributed by atoms with Gasteiger partial charge in [-0.25, -0.2) is 9.78 Å². The Morgan fingerprint density at radius 2 is 1.94 bits per heavy atom. The maximum Gasteiger partial charge on any atom is 0.339 e. The van der Waals surface area contributed by atoms with E-state index in [4.69, 9.17) is 19.2 Å². The molecule has 4 aromatic rings. The number of carboxylic acids is 1. The first-order valence-electron chi connectivity index (χ1n) is 9.49. The lowest BCUT2D eigenvalue weighted by molar-refractivity contribution is -0.130. The fraction of sp³-hybridized carbons (Fsp3) is 0.0833. The Morgan fingerprint density at radius 3 is 2.77 bits per heavy atom. The van der Waals surface area contributed by atoms with Crippen LogP contribution in [-0.2, 0) is 9.53 Å². The SMILES string of the molecule is COC=C(C(=O)O)c1cccc2ccc(-c3csc(-c4ccc5c(c4)OCO5)n3)cc12. The highest BCUT2D eigenvalue weighted by molar-refractivity contribution is 7.13. The molecule has 0 fully saturated rings. The van der Waals surface area contributed by atoms with Gasteiger partial charge in [0.2, 0.25) is 6.79 Å². The van der Waals surface area contributed by atoms with Gasteiger partial charge in [0.05, 0.1) is 19.1 Å². The number of nitrogens with zero attached hydrogens (tertiary/aromatic N) is 1. The van der Waals surface area contributed by atoms with Crippen LogP contribution in [0.1, 0.15) is 5.56 Å². The molecule has 0 spiro atoms. The first kappa shape index (κ1) is 19.1. The fourth-order valence-electron chi connectivity index (χ4n) is 3.58. The Morgan fingerprint density at radius 1 is 1.10 bits per heavy atom. The standard InChI is InChI=1S/C24H17NO5S/c1-28-11-19(24(26)27)17-4-2-3-14-5-6-15(9-18(14)17)20-12-31-23(25-20)16-7-8-21-22(10-16)30-13-29-21/h2-12H,13H2,1H3,(H,26,27). The second-order valence-corrected chi connectivity index (χ2v) is 7.78. The minimum Gasteiger partial charge on any atom is -0.503 e. The molecule has 0 saturated carbocycles. The maximum atomic E-state index is 11.8. The molecule has 0 atom stereocenters. The van der Waals surface area contributed by atoms with Crippen molar-refractivity contribution in [1.29, 1.82) is 0 Å². The Labute approximate surface area is 182 Å². The molecule has 1 N–H and O–H groups in total. The molecule has 0 bridgehead atoms. The number of benzene rings is 3. The summed E-state index contributed by atoms with van der Waals surface area (Å²) in [5.41, 5.74) is 3.38. The van der Waals surface area contributed by atoms with Gasteiger partial charge in [-0.15, -0.1) is 11.3 Å². The molecule has 154 valence electrons. The van der Waals surface area contributed by atoms with Gasteiger partial charge in [0.15, 0.2) is 11.5 Å². The van der Waals surface area contributed by atoms with Crippen LogP contribution < -0.4 is 9.47 Å². The van der Waals surface area contributed by atoms with Crippen LogP contribution in [0, 0.1) is 0 Å². The van der Waals surface area contributed by atoms with E-state index in [-0.39, 0.29) is 12.4 Å². The number of rotatable bonds is 5. The molecule has 5 rings (SSSR count). The van der Waals surface area contributed by atoms with Gasteiger partial charge in [-0.1, -0.05) is 30.3 Å². The lowest BCUT2D eigenvalue weighted by Crippen LogP contribution is -2.01. The van der Waals surface area contributed by atoms with Crippen molar-refractivity contribution in [3.8, 4) is 33.3 Å². The second-order valence-electron chi connectivity index (χ2n) is 6.92. The molecule has 31 heavy (non-hydrogen) atoms. The molecule has 1 aliphatic rings. The van der Waals surface area contributed by atoms with Crippen LogP contribution in [0.5, 0.6) is 11.5 Å². The summed E-state index contributed by atoms with van der Waals surface area (Å²) >= 11 is 1.54. The molecule has 6 nitrogen and oxygen atoms in total. The third kappa shape index (κ3) is 3.49. The molecule has 2 heterocycles. The van der Waals surface area contributed by atoms with Crippen molar-refractivity contribution in [3.63, 3.8) is 0 Å². The van der Waals surface area contributed by atoms with Crippen LogP contribution >= 0.6 is 11.3 Å². The van der Waals surface area contributed by atoms with Crippen molar-refractivity contribution >= 4 is 33.7 Å². The Hall–Kier alpha value is -3.84. The Bertz CT molecular complexity index is 1340. The number of carbonyl (C=O) groups is 1. The van der Waals surface area contributed by atoms with Crippen molar-refractivity contribution in [1.82, 2.24) is 4.98 Å². The highest BCUT2D eigenvalue weighted by atomic mass is 32.1. The number of thiazole rings is 1. The lowest BCUT2D eigenvalue weighted by Gasteiger charge is -2.09. The third-order valence-electron chi connectivity index (χ3n) is 5.06. The van der Waals surface area contributed by atoms with E-state index >= 15 is 0 Å². The predicted octanol–water partition coefficient (Wildman–Crippen LogP) is 5.43. The molecule has 3 aromatic carbocycles. The number of aromatic nitrogens is 1. The van der Waals surface area contributed by atoms with Crippen LogP contribution in [0.15, 0.2) is 66.2 Å². The molecular weight excluding hydrogens is 414 g/mol. The zero-order valence-electron chi connectivity index (χ0n) is 16.5. The third-order valence-corrected chi connectivity index (χ3v) is 5.95. The van der Waals surface area contributed by atoms with Crippen molar-refractivity contribution in [3.05, 3.63) is 71.8 Å². The minimum atomic E-state index is -1.04. The van der Waals surface area contributed by atoms with E-state index in [1.165, 1.54) is 24.7 Å². The van der Waals surface area contributed by atoms with Gasteiger partial charge in [0, 0.05) is 16.5 Å². The number of fused-ring (bicyclic) bond motifs is 2. The molecule has 0 unspecified atom stereocenters. The van der Waals surface area contributed by atoms with Crippen molar-refractivity contribution < 1.29 is 24.1 Å². The van der Waals surface area contributed by atoms with Crippen LogP contribution in [-0.4, -0.2) is 30.0 Å². The normalized spacial score (nSPS) is 12.9. The number of aliphatic carboxylic acids is 1. The van der Waals surface area contributed by atoms with Crippen molar-refractivity contribution in [2.75, 3.05) is 13.9 Å². The molecule has 7 heteroatoms. The average molecular weight is 431 g/mol. The van der Waals surface area contributed by atoms with Crippen LogP contribution in [0.25, 0.3) is 38.2 Å². The summed E-state index contributed by atoms with van der Waals surface area (Å²) in [4.78, 5) is 16.5. The first-order valence-corrected chi connectivity index (χ1v) is 10.4. The molecule has 0 saturated heterocycles. The van der Waals surface area contributed by atoms with Crippen molar-refractivity contribution in [2.45, 2.75) is 0 Å².